The van der Waals surface area contributed by atoms with E-state index >= 15 is 0 Å². The van der Waals surface area contributed by atoms with Crippen molar-refractivity contribution in [3.05, 3.63) is 12.7 Å². The van der Waals surface area contributed by atoms with Crippen molar-refractivity contribution < 1.29 is 0 Å². The van der Waals surface area contributed by atoms with Gasteiger partial charge in [0.25, 0.3) is 0 Å². The smallest absolute Gasteiger partial charge is 0.00954 e. The van der Waals surface area contributed by atoms with Crippen molar-refractivity contribution in [1.82, 2.24) is 0 Å². The highest BCUT2D eigenvalue weighted by Gasteiger charge is 2.37. The van der Waals surface area contributed by atoms with E-state index in [1.807, 2.05) is 0 Å². The van der Waals surface area contributed by atoms with Crippen LogP contribution >= 0.6 is 0 Å². The van der Waals surface area contributed by atoms with Crippen LogP contribution in [0.2, 0.25) is 0 Å². The molecule has 0 radical (unpaired) electrons. The Balaban J connectivity index is 2.54. The third-order valence-electron chi connectivity index (χ3n) is 3.28. The normalized spacial score (nSPS) is 25.0. The number of rotatable bonds is 3. The molecule has 58 valence electrons. The van der Waals surface area contributed by atoms with Gasteiger partial charge in [-0.15, -0.1) is 6.58 Å². The van der Waals surface area contributed by atoms with E-state index in [2.05, 4.69) is 26.5 Å². The second kappa shape index (κ2) is 2.77. The van der Waals surface area contributed by atoms with Gasteiger partial charge in [-0.1, -0.05) is 32.8 Å². The average molecular weight is 138 g/mol. The summed E-state index contributed by atoms with van der Waals surface area (Å²) in [6, 6.07) is 0. The Morgan fingerprint density at radius 3 is 2.30 bits per heavy atom. The van der Waals surface area contributed by atoms with Crippen molar-refractivity contribution in [2.75, 3.05) is 0 Å². The van der Waals surface area contributed by atoms with Gasteiger partial charge >= 0.3 is 0 Å². The Labute approximate surface area is 64.3 Å². The molecule has 0 saturated heterocycles. The first-order chi connectivity index (χ1) is 4.75. The van der Waals surface area contributed by atoms with Crippen molar-refractivity contribution in [3.63, 3.8) is 0 Å². The molecular formula is C10H18. The molecule has 0 aromatic rings. The summed E-state index contributed by atoms with van der Waals surface area (Å²) in [5.41, 5.74) is 0.536. The van der Waals surface area contributed by atoms with Gasteiger partial charge in [0.2, 0.25) is 0 Å². The molecule has 10 heavy (non-hydrogen) atoms. The van der Waals surface area contributed by atoms with Gasteiger partial charge in [-0.25, -0.2) is 0 Å². The molecule has 0 spiro atoms. The lowest BCUT2D eigenvalue weighted by molar-refractivity contribution is 0.117. The minimum absolute atomic E-state index is 0.536. The first kappa shape index (κ1) is 7.84. The van der Waals surface area contributed by atoms with E-state index in [9.17, 15) is 0 Å². The van der Waals surface area contributed by atoms with Crippen molar-refractivity contribution in [2.24, 2.45) is 11.3 Å². The summed E-state index contributed by atoms with van der Waals surface area (Å²) in [7, 11) is 0. The van der Waals surface area contributed by atoms with Gasteiger partial charge in [-0.2, -0.15) is 0 Å². The number of allylic oxidation sites excluding steroid dienone is 1. The fourth-order valence-corrected chi connectivity index (χ4v) is 1.89. The van der Waals surface area contributed by atoms with Crippen LogP contribution in [0.15, 0.2) is 12.7 Å². The summed E-state index contributed by atoms with van der Waals surface area (Å²) < 4.78 is 0. The van der Waals surface area contributed by atoms with Gasteiger partial charge in [0.15, 0.2) is 0 Å². The Hall–Kier alpha value is -0.260. The van der Waals surface area contributed by atoms with Crippen molar-refractivity contribution >= 4 is 0 Å². The molecule has 1 fully saturated rings. The Morgan fingerprint density at radius 1 is 1.60 bits per heavy atom. The number of hydrogen-bond acceptors (Lipinski definition) is 0. The van der Waals surface area contributed by atoms with Crippen molar-refractivity contribution in [3.8, 4) is 0 Å². The van der Waals surface area contributed by atoms with E-state index in [-0.39, 0.29) is 0 Å². The Kier molecular flexibility index (Phi) is 2.18. The standard InChI is InChI=1S/C10H18/c1-4-9(3)10(5-2)7-6-8-10/h5,9H,2,4,6-8H2,1,3H3. The minimum Gasteiger partial charge on any atom is -0.103 e. The van der Waals surface area contributed by atoms with Crippen LogP contribution in [0.1, 0.15) is 39.5 Å². The van der Waals surface area contributed by atoms with Gasteiger partial charge in [0, 0.05) is 0 Å². The Bertz CT molecular complexity index is 120. The minimum atomic E-state index is 0.536. The predicted molar refractivity (Wildman–Crippen MR) is 45.9 cm³/mol. The molecule has 0 aromatic carbocycles. The van der Waals surface area contributed by atoms with Crippen LogP contribution < -0.4 is 0 Å². The summed E-state index contributed by atoms with van der Waals surface area (Å²) in [5, 5.41) is 0. The van der Waals surface area contributed by atoms with Gasteiger partial charge < -0.3 is 0 Å². The van der Waals surface area contributed by atoms with Crippen LogP contribution in [-0.4, -0.2) is 0 Å². The molecule has 0 heterocycles. The molecule has 0 amide bonds. The lowest BCUT2D eigenvalue weighted by atomic mass is 9.61. The average Bonchev–Trinajstić information content (AvgIpc) is 1.86. The number of hydrogen-bond donors (Lipinski definition) is 0. The topological polar surface area (TPSA) is 0 Å². The zero-order valence-corrected chi connectivity index (χ0v) is 7.19. The van der Waals surface area contributed by atoms with Crippen LogP contribution in [0.5, 0.6) is 0 Å². The Morgan fingerprint density at radius 2 is 2.20 bits per heavy atom. The molecule has 1 aliphatic rings. The monoisotopic (exact) mass is 138 g/mol. The molecule has 0 nitrogen and oxygen atoms in total. The molecule has 1 unspecified atom stereocenters. The first-order valence-electron chi connectivity index (χ1n) is 4.39. The van der Waals surface area contributed by atoms with E-state index in [1.165, 1.54) is 25.7 Å². The molecule has 1 rings (SSSR count). The van der Waals surface area contributed by atoms with E-state index in [0.29, 0.717) is 5.41 Å². The van der Waals surface area contributed by atoms with Crippen LogP contribution in [0.4, 0.5) is 0 Å². The van der Waals surface area contributed by atoms with E-state index in [0.717, 1.165) is 5.92 Å². The fourth-order valence-electron chi connectivity index (χ4n) is 1.89. The summed E-state index contributed by atoms with van der Waals surface area (Å²) in [6.07, 6.45) is 7.66. The first-order valence-corrected chi connectivity index (χ1v) is 4.39. The highest BCUT2D eigenvalue weighted by Crippen LogP contribution is 2.48. The maximum Gasteiger partial charge on any atom is -0.00954 e. The summed E-state index contributed by atoms with van der Waals surface area (Å²) in [5.74, 6) is 0.846. The summed E-state index contributed by atoms with van der Waals surface area (Å²) in [6.45, 7) is 8.54. The SMILES string of the molecule is C=CC1(C(C)CC)CCC1. The van der Waals surface area contributed by atoms with Crippen LogP contribution in [0, 0.1) is 11.3 Å². The maximum absolute atomic E-state index is 3.92. The summed E-state index contributed by atoms with van der Waals surface area (Å²) >= 11 is 0. The van der Waals surface area contributed by atoms with Crippen molar-refractivity contribution in [1.29, 1.82) is 0 Å². The highest BCUT2D eigenvalue weighted by molar-refractivity contribution is 5.03. The molecular weight excluding hydrogens is 120 g/mol. The zero-order valence-electron chi connectivity index (χ0n) is 7.19. The predicted octanol–water partition coefficient (Wildman–Crippen LogP) is 3.39. The van der Waals surface area contributed by atoms with E-state index < -0.39 is 0 Å². The van der Waals surface area contributed by atoms with Crippen LogP contribution in [0.3, 0.4) is 0 Å². The molecule has 1 saturated carbocycles. The van der Waals surface area contributed by atoms with Crippen LogP contribution in [-0.2, 0) is 0 Å². The molecule has 1 atom stereocenters. The van der Waals surface area contributed by atoms with Crippen molar-refractivity contribution in [2.45, 2.75) is 39.5 Å². The second-order valence-electron chi connectivity index (χ2n) is 3.60. The van der Waals surface area contributed by atoms with Gasteiger partial charge in [-0.3, -0.25) is 0 Å². The third-order valence-corrected chi connectivity index (χ3v) is 3.28. The van der Waals surface area contributed by atoms with Gasteiger partial charge in [0.05, 0.1) is 0 Å². The summed E-state index contributed by atoms with van der Waals surface area (Å²) in [4.78, 5) is 0. The quantitative estimate of drug-likeness (QED) is 0.524. The lowest BCUT2D eigenvalue weighted by Gasteiger charge is -2.44. The second-order valence-corrected chi connectivity index (χ2v) is 3.60. The third kappa shape index (κ3) is 1.00. The van der Waals surface area contributed by atoms with Crippen LogP contribution in [0.25, 0.3) is 0 Å². The molecule has 0 bridgehead atoms. The largest absolute Gasteiger partial charge is 0.103 e. The van der Waals surface area contributed by atoms with Gasteiger partial charge in [-0.05, 0) is 24.2 Å². The van der Waals surface area contributed by atoms with Gasteiger partial charge in [0.1, 0.15) is 0 Å². The molecule has 0 heteroatoms. The molecule has 0 aliphatic heterocycles. The lowest BCUT2D eigenvalue weighted by Crippen LogP contribution is -2.33. The molecule has 1 aliphatic carbocycles. The zero-order chi connectivity index (χ0) is 7.61. The van der Waals surface area contributed by atoms with E-state index in [4.69, 9.17) is 0 Å². The maximum atomic E-state index is 3.92. The fraction of sp³-hybridized carbons (Fsp3) is 0.800. The highest BCUT2D eigenvalue weighted by atomic mass is 14.4. The van der Waals surface area contributed by atoms with E-state index in [1.54, 1.807) is 0 Å². The molecule has 0 N–H and O–H groups in total. The molecule has 0 aromatic heterocycles.